The van der Waals surface area contributed by atoms with Crippen molar-refractivity contribution in [2.45, 2.75) is 35.7 Å². The van der Waals surface area contributed by atoms with Gasteiger partial charge in [-0.15, -0.1) is 11.8 Å². The molecule has 6 rings (SSSR count). The van der Waals surface area contributed by atoms with Crippen LogP contribution in [0.25, 0.3) is 0 Å². The minimum Gasteiger partial charge on any atom is -0.502 e. The quantitative estimate of drug-likeness (QED) is 0.558. The Kier molecular flexibility index (Phi) is 4.96. The van der Waals surface area contributed by atoms with E-state index in [0.717, 1.165) is 22.6 Å². The van der Waals surface area contributed by atoms with Crippen molar-refractivity contribution < 1.29 is 23.5 Å². The van der Waals surface area contributed by atoms with Crippen LogP contribution < -0.4 is 10.4 Å². The second-order valence-electron chi connectivity index (χ2n) is 8.73. The molecule has 0 unspecified atom stereocenters. The number of thioether (sulfide) groups is 1. The summed E-state index contributed by atoms with van der Waals surface area (Å²) in [4.78, 5) is 40.5. The van der Waals surface area contributed by atoms with Crippen LogP contribution in [0.4, 0.5) is 8.78 Å². The smallest absolute Gasteiger partial charge is 0.278 e. The zero-order chi connectivity index (χ0) is 24.4. The zero-order valence-electron chi connectivity index (χ0n) is 18.3. The minimum absolute atomic E-state index is 0.0168. The summed E-state index contributed by atoms with van der Waals surface area (Å²) in [6, 6.07) is 10.4. The van der Waals surface area contributed by atoms with Crippen molar-refractivity contribution in [3.05, 3.63) is 92.9 Å². The van der Waals surface area contributed by atoms with Gasteiger partial charge in [-0.2, -0.15) is 0 Å². The first-order valence-electron chi connectivity index (χ1n) is 11.1. The standard InChI is InChI=1S/C25H19F2N3O4S/c26-17-6-5-14-16(21(17)27)12-35-19-4-2-1-3-15(19)22(14)30-20-11-13(31)7-9-28(20)25(34)23-24(33)18(32)8-10-29(23)30/h1-6,8,10,20,22,33H,7,9,11-12H2/t20-,22+/m1/s1. The maximum atomic E-state index is 15.1. The van der Waals surface area contributed by atoms with Crippen molar-refractivity contribution >= 4 is 23.5 Å². The third-order valence-electron chi connectivity index (χ3n) is 6.85. The summed E-state index contributed by atoms with van der Waals surface area (Å²) in [5.74, 6) is -3.01. The molecule has 3 aliphatic rings. The van der Waals surface area contributed by atoms with Gasteiger partial charge in [0.25, 0.3) is 5.91 Å². The van der Waals surface area contributed by atoms with Crippen LogP contribution in [0.15, 0.2) is 58.4 Å². The van der Waals surface area contributed by atoms with Gasteiger partial charge < -0.3 is 10.0 Å². The molecule has 0 spiro atoms. The van der Waals surface area contributed by atoms with E-state index in [1.54, 1.807) is 5.01 Å². The van der Waals surface area contributed by atoms with Crippen LogP contribution in [0, 0.1) is 11.6 Å². The summed E-state index contributed by atoms with van der Waals surface area (Å²) >= 11 is 1.37. The van der Waals surface area contributed by atoms with Crippen LogP contribution in [0.5, 0.6) is 5.75 Å². The zero-order valence-corrected chi connectivity index (χ0v) is 19.1. The largest absolute Gasteiger partial charge is 0.502 e. The fraction of sp³-hybridized carbons (Fsp3) is 0.240. The number of ketones is 1. The molecule has 7 nitrogen and oxygen atoms in total. The van der Waals surface area contributed by atoms with E-state index in [0.29, 0.717) is 5.56 Å². The van der Waals surface area contributed by atoms with Gasteiger partial charge in [-0.1, -0.05) is 24.3 Å². The first-order chi connectivity index (χ1) is 16.9. The lowest BCUT2D eigenvalue weighted by molar-refractivity contribution is -0.123. The van der Waals surface area contributed by atoms with Gasteiger partial charge in [-0.3, -0.25) is 24.1 Å². The monoisotopic (exact) mass is 495 g/mol. The summed E-state index contributed by atoms with van der Waals surface area (Å²) in [6.45, 7) is 0.120. The number of halogens is 2. The fourth-order valence-corrected chi connectivity index (χ4v) is 6.33. The third kappa shape index (κ3) is 3.19. The predicted octanol–water partition coefficient (Wildman–Crippen LogP) is 3.31. The Labute approximate surface area is 202 Å². The van der Waals surface area contributed by atoms with E-state index in [-0.39, 0.29) is 42.2 Å². The first-order valence-corrected chi connectivity index (χ1v) is 12.1. The van der Waals surface area contributed by atoms with Gasteiger partial charge in [0.05, 0.1) is 6.04 Å². The van der Waals surface area contributed by atoms with Crippen LogP contribution in [0.1, 0.15) is 46.1 Å². The van der Waals surface area contributed by atoms with Crippen LogP contribution in [0.3, 0.4) is 0 Å². The van der Waals surface area contributed by atoms with E-state index < -0.39 is 40.9 Å². The third-order valence-corrected chi connectivity index (χ3v) is 7.97. The average molecular weight is 496 g/mol. The fourth-order valence-electron chi connectivity index (χ4n) is 5.22. The highest BCUT2D eigenvalue weighted by molar-refractivity contribution is 7.98. The van der Waals surface area contributed by atoms with Gasteiger partial charge in [-0.05, 0) is 23.3 Å². The molecule has 10 heteroatoms. The van der Waals surface area contributed by atoms with E-state index in [9.17, 15) is 23.9 Å². The summed E-state index contributed by atoms with van der Waals surface area (Å²) in [5, 5.41) is 12.3. The normalized spacial score (nSPS) is 21.1. The molecule has 35 heavy (non-hydrogen) atoms. The number of nitrogens with zero attached hydrogens (tertiary/aromatic N) is 3. The number of carbonyl (C=O) groups excluding carboxylic acids is 2. The molecular formula is C25H19F2N3O4S. The predicted molar refractivity (Wildman–Crippen MR) is 124 cm³/mol. The highest BCUT2D eigenvalue weighted by atomic mass is 32.2. The van der Waals surface area contributed by atoms with Crippen molar-refractivity contribution in [1.82, 2.24) is 9.58 Å². The van der Waals surface area contributed by atoms with Crippen LogP contribution in [-0.4, -0.2) is 39.1 Å². The second-order valence-corrected chi connectivity index (χ2v) is 9.75. The minimum atomic E-state index is -0.959. The lowest BCUT2D eigenvalue weighted by atomic mass is 9.92. The second kappa shape index (κ2) is 7.94. The van der Waals surface area contributed by atoms with Crippen molar-refractivity contribution in [1.29, 1.82) is 0 Å². The lowest BCUT2D eigenvalue weighted by Crippen LogP contribution is -2.64. The van der Waals surface area contributed by atoms with Gasteiger partial charge >= 0.3 is 0 Å². The number of hydrogen-bond donors (Lipinski definition) is 1. The highest BCUT2D eigenvalue weighted by Gasteiger charge is 2.47. The molecule has 0 saturated carbocycles. The highest BCUT2D eigenvalue weighted by Crippen LogP contribution is 2.45. The molecular weight excluding hydrogens is 476 g/mol. The molecule has 1 aromatic heterocycles. The van der Waals surface area contributed by atoms with Crippen molar-refractivity contribution in [3.8, 4) is 5.75 Å². The number of aromatic nitrogens is 1. The van der Waals surface area contributed by atoms with Gasteiger partial charge in [0.2, 0.25) is 5.43 Å². The lowest BCUT2D eigenvalue weighted by Gasteiger charge is -2.51. The summed E-state index contributed by atoms with van der Waals surface area (Å²) in [7, 11) is 0. The van der Waals surface area contributed by atoms with E-state index in [1.165, 1.54) is 33.6 Å². The SMILES string of the molecule is O=C1CCN2C(=O)c3c(O)c(=O)ccn3N([C@@H]3c4ccccc4SCc4c3ccc(F)c4F)[C@@H]2C1. The maximum Gasteiger partial charge on any atom is 0.278 e. The first kappa shape index (κ1) is 21.8. The molecule has 0 bridgehead atoms. The Morgan fingerprint density at radius 1 is 1.00 bits per heavy atom. The number of hydrogen-bond acceptors (Lipinski definition) is 6. The summed E-state index contributed by atoms with van der Waals surface area (Å²) < 4.78 is 30.8. The van der Waals surface area contributed by atoms with Crippen molar-refractivity contribution in [3.63, 3.8) is 0 Å². The number of rotatable bonds is 1. The number of piperidine rings is 1. The molecule has 3 aromatic rings. The summed E-state index contributed by atoms with van der Waals surface area (Å²) in [6.07, 6.45) is 0.802. The Balaban J connectivity index is 1.68. The van der Waals surface area contributed by atoms with E-state index >= 15 is 4.39 Å². The van der Waals surface area contributed by atoms with E-state index in [4.69, 9.17) is 0 Å². The van der Waals surface area contributed by atoms with Crippen LogP contribution in [-0.2, 0) is 10.5 Å². The number of aromatic hydroxyl groups is 1. The molecule has 1 N–H and O–H groups in total. The van der Waals surface area contributed by atoms with Crippen LogP contribution in [0.2, 0.25) is 0 Å². The van der Waals surface area contributed by atoms with Gasteiger partial charge in [0.1, 0.15) is 11.9 Å². The average Bonchev–Trinajstić information content (AvgIpc) is 3.01. The van der Waals surface area contributed by atoms with Gasteiger partial charge in [0.15, 0.2) is 23.1 Å². The van der Waals surface area contributed by atoms with Gasteiger partial charge in [-0.25, -0.2) is 8.78 Å². The molecule has 178 valence electrons. The number of benzene rings is 2. The van der Waals surface area contributed by atoms with Crippen LogP contribution >= 0.6 is 11.8 Å². The van der Waals surface area contributed by atoms with Gasteiger partial charge in [0, 0.05) is 47.9 Å². The van der Waals surface area contributed by atoms with Crippen molar-refractivity contribution in [2.75, 3.05) is 11.6 Å². The molecule has 1 amide bonds. The van der Waals surface area contributed by atoms with E-state index in [1.807, 2.05) is 24.3 Å². The van der Waals surface area contributed by atoms with Crippen molar-refractivity contribution in [2.24, 2.45) is 0 Å². The molecule has 4 heterocycles. The Hall–Kier alpha value is -3.66. The molecule has 3 aliphatic heterocycles. The number of fused-ring (bicyclic) bond motifs is 4. The Bertz CT molecular complexity index is 1470. The maximum absolute atomic E-state index is 15.1. The Morgan fingerprint density at radius 2 is 1.80 bits per heavy atom. The molecule has 2 atom stereocenters. The number of pyridine rings is 1. The molecule has 0 radical (unpaired) electrons. The Morgan fingerprint density at radius 3 is 2.63 bits per heavy atom. The molecule has 1 saturated heterocycles. The molecule has 2 aromatic carbocycles. The molecule has 0 aliphatic carbocycles. The topological polar surface area (TPSA) is 82.9 Å². The number of carbonyl (C=O) groups is 2. The van der Waals surface area contributed by atoms with E-state index in [2.05, 4.69) is 0 Å². The molecule has 1 fully saturated rings. The summed E-state index contributed by atoms with van der Waals surface area (Å²) in [5.41, 5.74) is 0.521. The number of amides is 1. The number of Topliss-reactive ketones (excluding diaryl/α,β-unsaturated/α-hetero) is 1.